The predicted octanol–water partition coefficient (Wildman–Crippen LogP) is 2.84. The third-order valence-electron chi connectivity index (χ3n) is 3.77. The molecule has 0 radical (unpaired) electrons. The van der Waals surface area contributed by atoms with Gasteiger partial charge in [-0.05, 0) is 52.7 Å². The Bertz CT molecular complexity index is 1190. The highest BCUT2D eigenvalue weighted by Crippen LogP contribution is 2.34. The van der Waals surface area contributed by atoms with E-state index < -0.39 is 23.3 Å². The molecule has 0 fully saturated rings. The van der Waals surface area contributed by atoms with Gasteiger partial charge in [0.15, 0.2) is 11.9 Å². The van der Waals surface area contributed by atoms with Crippen molar-refractivity contribution in [2.45, 2.75) is 13.0 Å². The molecule has 0 aliphatic heterocycles. The van der Waals surface area contributed by atoms with Crippen LogP contribution in [0.2, 0.25) is 5.02 Å². The lowest BCUT2D eigenvalue weighted by Gasteiger charge is -2.14. The Balaban J connectivity index is 1.98. The molecule has 1 heterocycles. The summed E-state index contributed by atoms with van der Waals surface area (Å²) in [6.45, 7) is 1.37. The van der Waals surface area contributed by atoms with Gasteiger partial charge in [-0.15, -0.1) is 4.68 Å². The van der Waals surface area contributed by atoms with Crippen molar-refractivity contribution in [1.82, 2.24) is 9.66 Å². The van der Waals surface area contributed by atoms with E-state index in [1.165, 1.54) is 19.2 Å². The molecule has 0 bridgehead atoms. The molecule has 0 amide bonds. The Morgan fingerprint density at radius 2 is 2.07 bits per heavy atom. The average Bonchev–Trinajstić information content (AvgIpc) is 2.64. The van der Waals surface area contributed by atoms with Crippen molar-refractivity contribution in [3.63, 3.8) is 0 Å². The number of carbonyl (C=O) groups is 1. The minimum atomic E-state index is -1.14. The second-order valence-electron chi connectivity index (χ2n) is 5.75. The molecule has 0 aliphatic carbocycles. The Morgan fingerprint density at radius 3 is 2.75 bits per heavy atom. The van der Waals surface area contributed by atoms with E-state index in [1.807, 2.05) is 0 Å². The average molecular weight is 467 g/mol. The molecule has 2 N–H and O–H groups in total. The molecule has 0 saturated carbocycles. The molecule has 0 aliphatic rings. The lowest BCUT2D eigenvalue weighted by atomic mass is 10.2. The van der Waals surface area contributed by atoms with Crippen molar-refractivity contribution >= 4 is 50.6 Å². The van der Waals surface area contributed by atoms with Crippen LogP contribution in [0.4, 0.5) is 0 Å². The second-order valence-corrected chi connectivity index (χ2v) is 7.01. The molecule has 1 unspecified atom stereocenters. The highest BCUT2D eigenvalue weighted by molar-refractivity contribution is 9.10. The molecule has 2 aromatic carbocycles. The lowest BCUT2D eigenvalue weighted by Crippen LogP contribution is -2.32. The van der Waals surface area contributed by atoms with Crippen LogP contribution in [0.25, 0.3) is 10.9 Å². The normalized spacial score (nSPS) is 12.4. The Labute approximate surface area is 171 Å². The summed E-state index contributed by atoms with van der Waals surface area (Å²) in [4.78, 5) is 38.1. The SMILES string of the molecule is CC(Oc1c(Cl)cc(C=Nn2c(=O)[nH]c3ccccc3c2=O)cc1Br)C(=O)O. The lowest BCUT2D eigenvalue weighted by molar-refractivity contribution is -0.144. The Hall–Kier alpha value is -2.91. The molecule has 28 heavy (non-hydrogen) atoms. The molecule has 1 aromatic heterocycles. The van der Waals surface area contributed by atoms with Gasteiger partial charge < -0.3 is 14.8 Å². The number of aromatic nitrogens is 2. The standard InChI is InChI=1S/C18H13BrClN3O5/c1-9(17(25)26)28-15-12(19)6-10(7-13(15)20)8-21-23-16(24)11-4-2-3-5-14(11)22-18(23)27/h2-9H,1H3,(H,22,27)(H,25,26). The number of ether oxygens (including phenoxy) is 1. The van der Waals surface area contributed by atoms with Crippen molar-refractivity contribution in [1.29, 1.82) is 0 Å². The van der Waals surface area contributed by atoms with Crippen LogP contribution in [0.15, 0.2) is 55.6 Å². The van der Waals surface area contributed by atoms with Crippen molar-refractivity contribution in [3.05, 3.63) is 72.3 Å². The van der Waals surface area contributed by atoms with Crippen LogP contribution in [0.3, 0.4) is 0 Å². The maximum absolute atomic E-state index is 12.5. The van der Waals surface area contributed by atoms with E-state index in [-0.39, 0.29) is 10.8 Å². The number of nitrogens with one attached hydrogen (secondary N) is 1. The van der Waals surface area contributed by atoms with E-state index in [9.17, 15) is 14.4 Å². The first-order valence-electron chi connectivity index (χ1n) is 7.95. The summed E-state index contributed by atoms with van der Waals surface area (Å²) < 4.78 is 6.42. The monoisotopic (exact) mass is 465 g/mol. The first-order valence-corrected chi connectivity index (χ1v) is 9.12. The number of aromatic amines is 1. The summed E-state index contributed by atoms with van der Waals surface area (Å²) in [5.41, 5.74) is -0.355. The van der Waals surface area contributed by atoms with Crippen molar-refractivity contribution in [2.75, 3.05) is 0 Å². The summed E-state index contributed by atoms with van der Waals surface area (Å²) in [6.07, 6.45) is 0.190. The van der Waals surface area contributed by atoms with Crippen molar-refractivity contribution in [2.24, 2.45) is 5.10 Å². The largest absolute Gasteiger partial charge is 0.479 e. The van der Waals surface area contributed by atoms with E-state index in [2.05, 4.69) is 26.0 Å². The van der Waals surface area contributed by atoms with Gasteiger partial charge in [0.05, 0.1) is 26.6 Å². The molecule has 3 aromatic rings. The molecule has 3 rings (SSSR count). The fourth-order valence-electron chi connectivity index (χ4n) is 2.38. The fraction of sp³-hybridized carbons (Fsp3) is 0.111. The highest BCUT2D eigenvalue weighted by Gasteiger charge is 2.17. The zero-order valence-corrected chi connectivity index (χ0v) is 16.7. The molecule has 8 nitrogen and oxygen atoms in total. The Kier molecular flexibility index (Phi) is 5.66. The quantitative estimate of drug-likeness (QED) is 0.561. The number of fused-ring (bicyclic) bond motifs is 1. The number of carboxylic acid groups (broad SMARTS) is 1. The number of benzene rings is 2. The van der Waals surface area contributed by atoms with Crippen molar-refractivity contribution < 1.29 is 14.6 Å². The van der Waals surface area contributed by atoms with E-state index in [0.29, 0.717) is 25.6 Å². The molecule has 0 saturated heterocycles. The molecule has 1 atom stereocenters. The second kappa shape index (κ2) is 7.99. The Morgan fingerprint density at radius 1 is 1.36 bits per heavy atom. The third-order valence-corrected chi connectivity index (χ3v) is 4.64. The first kappa shape index (κ1) is 19.8. The van der Waals surface area contributed by atoms with Gasteiger partial charge in [0, 0.05) is 0 Å². The number of hydrogen-bond donors (Lipinski definition) is 2. The van der Waals surface area contributed by atoms with E-state index >= 15 is 0 Å². The molecule has 144 valence electrons. The van der Waals surface area contributed by atoms with E-state index in [4.69, 9.17) is 21.4 Å². The predicted molar refractivity (Wildman–Crippen MR) is 109 cm³/mol. The number of carboxylic acids is 1. The van der Waals surface area contributed by atoms with Crippen LogP contribution in [-0.2, 0) is 4.79 Å². The minimum absolute atomic E-state index is 0.142. The molecule has 0 spiro atoms. The summed E-state index contributed by atoms with van der Waals surface area (Å²) in [5.74, 6) is -0.974. The van der Waals surface area contributed by atoms with Gasteiger partial charge >= 0.3 is 11.7 Å². The van der Waals surface area contributed by atoms with Crippen molar-refractivity contribution in [3.8, 4) is 5.75 Å². The van der Waals surface area contributed by atoms with Crippen LogP contribution < -0.4 is 16.0 Å². The summed E-state index contributed by atoms with van der Waals surface area (Å²) >= 11 is 9.42. The number of H-pyrrole nitrogens is 1. The fourth-order valence-corrected chi connectivity index (χ4v) is 3.33. The topological polar surface area (TPSA) is 114 Å². The summed E-state index contributed by atoms with van der Waals surface area (Å²) in [5, 5.41) is 13.4. The zero-order valence-electron chi connectivity index (χ0n) is 14.3. The van der Waals surface area contributed by atoms with E-state index in [1.54, 1.807) is 30.3 Å². The third kappa shape index (κ3) is 4.00. The minimum Gasteiger partial charge on any atom is -0.479 e. The van der Waals surface area contributed by atoms with Crippen LogP contribution in [-0.4, -0.2) is 33.1 Å². The van der Waals surface area contributed by atoms with Gasteiger partial charge in [0.2, 0.25) is 0 Å². The number of para-hydroxylation sites is 1. The first-order chi connectivity index (χ1) is 13.3. The number of aliphatic carboxylic acids is 1. The van der Waals surface area contributed by atoms with Crippen LogP contribution in [0, 0.1) is 0 Å². The van der Waals surface area contributed by atoms with E-state index in [0.717, 1.165) is 0 Å². The van der Waals surface area contributed by atoms with Gasteiger partial charge in [-0.2, -0.15) is 5.10 Å². The van der Waals surface area contributed by atoms with Crippen LogP contribution in [0.1, 0.15) is 12.5 Å². The smallest absolute Gasteiger partial charge is 0.349 e. The summed E-state index contributed by atoms with van der Waals surface area (Å²) in [6, 6.07) is 9.64. The van der Waals surface area contributed by atoms with Gasteiger partial charge in [-0.25, -0.2) is 9.59 Å². The number of halogens is 2. The number of nitrogens with zero attached hydrogens (tertiary/aromatic N) is 2. The molecular weight excluding hydrogens is 454 g/mol. The number of hydrogen-bond acceptors (Lipinski definition) is 5. The summed E-state index contributed by atoms with van der Waals surface area (Å²) in [7, 11) is 0. The van der Waals surface area contributed by atoms with Gasteiger partial charge in [-0.1, -0.05) is 23.7 Å². The molecule has 10 heteroatoms. The van der Waals surface area contributed by atoms with Gasteiger partial charge in [0.25, 0.3) is 5.56 Å². The maximum Gasteiger partial charge on any atom is 0.349 e. The molecular formula is C18H13BrClN3O5. The highest BCUT2D eigenvalue weighted by atomic mass is 79.9. The van der Waals surface area contributed by atoms with Crippen LogP contribution >= 0.6 is 27.5 Å². The van der Waals surface area contributed by atoms with Crippen LogP contribution in [0.5, 0.6) is 5.75 Å². The van der Waals surface area contributed by atoms with Gasteiger partial charge in [-0.3, -0.25) is 4.79 Å². The zero-order chi connectivity index (χ0) is 20.4. The van der Waals surface area contributed by atoms with Gasteiger partial charge in [0.1, 0.15) is 0 Å². The number of rotatable bonds is 5. The maximum atomic E-state index is 12.5.